The Morgan fingerprint density at radius 1 is 1.16 bits per heavy atom. The molecule has 138 valence electrons. The van der Waals surface area contributed by atoms with Gasteiger partial charge in [0.15, 0.2) is 0 Å². The second-order valence-corrected chi connectivity index (χ2v) is 9.00. The highest BCUT2D eigenvalue weighted by molar-refractivity contribution is 9.10. The molecule has 0 aromatic heterocycles. The number of aliphatic carboxylic acids is 1. The lowest BCUT2D eigenvalue weighted by Gasteiger charge is -2.50. The average Bonchev–Trinajstić information content (AvgIpc) is 2.50. The van der Waals surface area contributed by atoms with Gasteiger partial charge in [0.2, 0.25) is 0 Å². The maximum atomic E-state index is 10.9. The fourth-order valence-electron chi connectivity index (χ4n) is 3.97. The number of hydrogen-bond acceptors (Lipinski definition) is 4. The lowest BCUT2D eigenvalue weighted by molar-refractivity contribution is -0.139. The van der Waals surface area contributed by atoms with Crippen molar-refractivity contribution in [2.75, 3.05) is 50.7 Å². The maximum Gasteiger partial charge on any atom is 0.303 e. The van der Waals surface area contributed by atoms with Crippen LogP contribution in [0, 0.1) is 5.41 Å². The summed E-state index contributed by atoms with van der Waals surface area (Å²) in [4.78, 5) is 18.4. The van der Waals surface area contributed by atoms with E-state index >= 15 is 0 Å². The topological polar surface area (TPSA) is 47.0 Å². The number of carbonyl (C=O) groups is 1. The molecule has 25 heavy (non-hydrogen) atoms. The van der Waals surface area contributed by atoms with Crippen molar-refractivity contribution in [1.82, 2.24) is 9.80 Å². The van der Waals surface area contributed by atoms with Crippen molar-refractivity contribution in [3.8, 4) is 0 Å². The van der Waals surface area contributed by atoms with E-state index in [-0.39, 0.29) is 11.8 Å². The lowest BCUT2D eigenvalue weighted by Crippen LogP contribution is -2.64. The summed E-state index contributed by atoms with van der Waals surface area (Å²) < 4.78 is 1.12. The van der Waals surface area contributed by atoms with Crippen LogP contribution in [-0.2, 0) is 4.79 Å². The van der Waals surface area contributed by atoms with E-state index in [0.29, 0.717) is 6.04 Å². The normalized spacial score (nSPS) is 20.5. The molecule has 6 heteroatoms. The summed E-state index contributed by atoms with van der Waals surface area (Å²) >= 11 is 3.49. The molecule has 1 N–H and O–H groups in total. The molecule has 0 spiro atoms. The van der Waals surface area contributed by atoms with Gasteiger partial charge in [-0.05, 0) is 29.7 Å². The summed E-state index contributed by atoms with van der Waals surface area (Å²) in [5.41, 5.74) is 1.14. The second kappa shape index (κ2) is 7.64. The van der Waals surface area contributed by atoms with Gasteiger partial charge >= 0.3 is 5.97 Å². The van der Waals surface area contributed by atoms with Crippen LogP contribution in [0.5, 0.6) is 0 Å². The van der Waals surface area contributed by atoms with E-state index < -0.39 is 5.97 Å². The Balaban J connectivity index is 1.41. The van der Waals surface area contributed by atoms with Gasteiger partial charge in [0.05, 0.1) is 6.42 Å². The summed E-state index contributed by atoms with van der Waals surface area (Å²) in [7, 11) is 0. The molecule has 0 atom stereocenters. The molecule has 2 fully saturated rings. The zero-order valence-corrected chi connectivity index (χ0v) is 16.7. The van der Waals surface area contributed by atoms with Gasteiger partial charge in [-0.1, -0.05) is 29.8 Å². The minimum absolute atomic E-state index is 0.156. The molecule has 1 aromatic rings. The van der Waals surface area contributed by atoms with Crippen molar-refractivity contribution in [1.29, 1.82) is 0 Å². The molecule has 0 saturated carbocycles. The first-order valence-electron chi connectivity index (χ1n) is 9.01. The van der Waals surface area contributed by atoms with Crippen LogP contribution in [-0.4, -0.2) is 72.7 Å². The van der Waals surface area contributed by atoms with Gasteiger partial charge in [-0.3, -0.25) is 14.6 Å². The number of likely N-dealkylation sites (tertiary alicyclic amines) is 1. The van der Waals surface area contributed by atoms with Crippen molar-refractivity contribution in [3.05, 3.63) is 28.7 Å². The first kappa shape index (κ1) is 18.7. The van der Waals surface area contributed by atoms with Gasteiger partial charge < -0.3 is 10.0 Å². The van der Waals surface area contributed by atoms with Crippen molar-refractivity contribution in [2.45, 2.75) is 26.3 Å². The third-order valence-electron chi connectivity index (χ3n) is 5.24. The smallest absolute Gasteiger partial charge is 0.303 e. The molecule has 5 nitrogen and oxygen atoms in total. The van der Waals surface area contributed by atoms with Gasteiger partial charge in [0, 0.05) is 62.0 Å². The molecule has 1 aromatic carbocycles. The molecule has 0 unspecified atom stereocenters. The number of rotatable bonds is 6. The molecule has 2 heterocycles. The van der Waals surface area contributed by atoms with Crippen LogP contribution >= 0.6 is 15.9 Å². The fourth-order valence-corrected chi connectivity index (χ4v) is 4.23. The van der Waals surface area contributed by atoms with E-state index in [1.807, 2.05) is 13.8 Å². The molecular weight excluding hydrogens is 382 g/mol. The average molecular weight is 410 g/mol. The molecule has 2 saturated heterocycles. The number of carboxylic acids is 1. The number of nitrogens with zero attached hydrogens (tertiary/aromatic N) is 3. The van der Waals surface area contributed by atoms with E-state index in [1.165, 1.54) is 5.69 Å². The first-order valence-corrected chi connectivity index (χ1v) is 9.80. The summed E-state index contributed by atoms with van der Waals surface area (Å²) in [6, 6.07) is 9.19. The minimum atomic E-state index is -0.703. The van der Waals surface area contributed by atoms with E-state index in [1.54, 1.807) is 0 Å². The SMILES string of the molecule is CC(C)(CC(=O)O)CN1CC(N2CCN(c3ccc(Br)cc3)CC2)C1. The van der Waals surface area contributed by atoms with E-state index in [4.69, 9.17) is 5.11 Å². The van der Waals surface area contributed by atoms with Crippen LogP contribution < -0.4 is 4.90 Å². The summed E-state index contributed by atoms with van der Waals surface area (Å²) in [6.07, 6.45) is 0.236. The molecular formula is C19H28BrN3O2. The van der Waals surface area contributed by atoms with Gasteiger partial charge in [-0.15, -0.1) is 0 Å². The van der Waals surface area contributed by atoms with Crippen LogP contribution in [0.25, 0.3) is 0 Å². The predicted molar refractivity (Wildman–Crippen MR) is 104 cm³/mol. The van der Waals surface area contributed by atoms with Gasteiger partial charge in [-0.2, -0.15) is 0 Å². The van der Waals surface area contributed by atoms with Crippen LogP contribution in [0.1, 0.15) is 20.3 Å². The number of carboxylic acid groups (broad SMARTS) is 1. The number of hydrogen-bond donors (Lipinski definition) is 1. The standard InChI is InChI=1S/C19H28BrN3O2/c1-19(2,11-18(24)25)14-21-12-17(13-21)23-9-7-22(8-10-23)16-5-3-15(20)4-6-16/h3-6,17H,7-14H2,1-2H3,(H,24,25). The Morgan fingerprint density at radius 2 is 1.76 bits per heavy atom. The third kappa shape index (κ3) is 4.96. The quantitative estimate of drug-likeness (QED) is 0.782. The molecule has 0 aliphatic carbocycles. The summed E-state index contributed by atoms with van der Waals surface area (Å²) in [6.45, 7) is 11.5. The summed E-state index contributed by atoms with van der Waals surface area (Å²) in [5, 5.41) is 9.01. The Kier molecular flexibility index (Phi) is 5.71. The molecule has 3 rings (SSSR count). The van der Waals surface area contributed by atoms with Gasteiger partial charge in [0.25, 0.3) is 0 Å². The number of benzene rings is 1. The largest absolute Gasteiger partial charge is 0.481 e. The first-order chi connectivity index (χ1) is 11.8. The zero-order valence-electron chi connectivity index (χ0n) is 15.1. The minimum Gasteiger partial charge on any atom is -0.481 e. The number of anilines is 1. The number of piperazine rings is 1. The highest BCUT2D eigenvalue weighted by Crippen LogP contribution is 2.27. The highest BCUT2D eigenvalue weighted by Gasteiger charge is 2.36. The zero-order chi connectivity index (χ0) is 18.0. The van der Waals surface area contributed by atoms with Gasteiger partial charge in [-0.25, -0.2) is 0 Å². The predicted octanol–water partition coefficient (Wildman–Crippen LogP) is 2.76. The summed E-state index contributed by atoms with van der Waals surface area (Å²) in [5.74, 6) is -0.703. The van der Waals surface area contributed by atoms with E-state index in [0.717, 1.165) is 50.3 Å². The Bertz CT molecular complexity index is 591. The van der Waals surface area contributed by atoms with E-state index in [9.17, 15) is 4.79 Å². The Hall–Kier alpha value is -1.11. The van der Waals surface area contributed by atoms with Crippen molar-refractivity contribution in [3.63, 3.8) is 0 Å². The molecule has 0 radical (unpaired) electrons. The Morgan fingerprint density at radius 3 is 2.32 bits per heavy atom. The van der Waals surface area contributed by atoms with Crippen molar-refractivity contribution < 1.29 is 9.90 Å². The van der Waals surface area contributed by atoms with Crippen LogP contribution in [0.15, 0.2) is 28.7 Å². The van der Waals surface area contributed by atoms with Crippen LogP contribution in [0.3, 0.4) is 0 Å². The number of halogens is 1. The van der Waals surface area contributed by atoms with Crippen molar-refractivity contribution >= 4 is 27.6 Å². The molecule has 2 aliphatic heterocycles. The fraction of sp³-hybridized carbons (Fsp3) is 0.632. The van der Waals surface area contributed by atoms with Crippen LogP contribution in [0.4, 0.5) is 5.69 Å². The third-order valence-corrected chi connectivity index (χ3v) is 5.77. The van der Waals surface area contributed by atoms with Gasteiger partial charge in [0.1, 0.15) is 0 Å². The Labute approximate surface area is 158 Å². The van der Waals surface area contributed by atoms with Crippen molar-refractivity contribution in [2.24, 2.45) is 5.41 Å². The molecule has 2 aliphatic rings. The molecule has 0 bridgehead atoms. The monoisotopic (exact) mass is 409 g/mol. The van der Waals surface area contributed by atoms with E-state index in [2.05, 4.69) is 54.9 Å². The maximum absolute atomic E-state index is 10.9. The highest BCUT2D eigenvalue weighted by atomic mass is 79.9. The second-order valence-electron chi connectivity index (χ2n) is 8.08. The lowest BCUT2D eigenvalue weighted by atomic mass is 9.87. The molecule has 0 amide bonds. The van der Waals surface area contributed by atoms with Crippen LogP contribution in [0.2, 0.25) is 0 Å².